The second-order valence-electron chi connectivity index (χ2n) is 3.24. The van der Waals surface area contributed by atoms with Crippen LogP contribution in [0.4, 0.5) is 17.6 Å². The zero-order valence-electron chi connectivity index (χ0n) is 8.17. The highest BCUT2D eigenvalue weighted by atomic mass is 79.9. The molecule has 2 aromatic rings. The molecule has 0 saturated carbocycles. The molecule has 1 aromatic heterocycles. The van der Waals surface area contributed by atoms with E-state index < -0.39 is 18.2 Å². The molecule has 17 heavy (non-hydrogen) atoms. The van der Waals surface area contributed by atoms with Gasteiger partial charge in [-0.1, -0.05) is 0 Å². The van der Waals surface area contributed by atoms with Gasteiger partial charge in [0.15, 0.2) is 0 Å². The van der Waals surface area contributed by atoms with Crippen LogP contribution in [0.2, 0.25) is 0 Å². The van der Waals surface area contributed by atoms with E-state index in [1.807, 2.05) is 0 Å². The fraction of sp³-hybridized carbons (Fsp3) is 0.100. The van der Waals surface area contributed by atoms with E-state index in [0.29, 0.717) is 4.68 Å². The van der Waals surface area contributed by atoms with E-state index in [0.717, 1.165) is 24.5 Å². The first-order valence-corrected chi connectivity index (χ1v) is 5.25. The van der Waals surface area contributed by atoms with Gasteiger partial charge in [0.2, 0.25) is 0 Å². The average Bonchev–Trinajstić information content (AvgIpc) is 2.72. The lowest BCUT2D eigenvalue weighted by Gasteiger charge is -2.02. The Morgan fingerprint density at radius 3 is 2.53 bits per heavy atom. The molecule has 0 bridgehead atoms. The lowest BCUT2D eigenvalue weighted by atomic mass is 10.1. The SMILES string of the molecule is Fc1cc(Br)c(F)c(-c2cnn(C(F)F)c2)c1. The first kappa shape index (κ1) is 12.1. The zero-order chi connectivity index (χ0) is 12.6. The third kappa shape index (κ3) is 2.33. The highest BCUT2D eigenvalue weighted by Gasteiger charge is 2.14. The second-order valence-corrected chi connectivity index (χ2v) is 4.09. The zero-order valence-corrected chi connectivity index (χ0v) is 9.76. The summed E-state index contributed by atoms with van der Waals surface area (Å²) in [5.41, 5.74) is -0.0354. The summed E-state index contributed by atoms with van der Waals surface area (Å²) in [6.07, 6.45) is 2.01. The second kappa shape index (κ2) is 4.48. The minimum Gasteiger partial charge on any atom is -0.211 e. The molecule has 0 atom stereocenters. The first-order valence-electron chi connectivity index (χ1n) is 4.46. The maximum absolute atomic E-state index is 13.6. The molecule has 1 aromatic carbocycles. The number of halogens is 5. The minimum atomic E-state index is -2.82. The van der Waals surface area contributed by atoms with Crippen LogP contribution >= 0.6 is 15.9 Å². The minimum absolute atomic E-state index is 0.0719. The largest absolute Gasteiger partial charge is 0.333 e. The summed E-state index contributed by atoms with van der Waals surface area (Å²) < 4.78 is 51.6. The summed E-state index contributed by atoms with van der Waals surface area (Å²) in [7, 11) is 0. The van der Waals surface area contributed by atoms with Crippen molar-refractivity contribution < 1.29 is 17.6 Å². The van der Waals surface area contributed by atoms with Crippen molar-refractivity contribution in [3.05, 3.63) is 40.6 Å². The smallest absolute Gasteiger partial charge is 0.211 e. The van der Waals surface area contributed by atoms with Crippen molar-refractivity contribution >= 4 is 15.9 Å². The molecule has 7 heteroatoms. The molecule has 0 aliphatic carbocycles. The molecule has 0 N–H and O–H groups in total. The van der Waals surface area contributed by atoms with Gasteiger partial charge < -0.3 is 0 Å². The Hall–Kier alpha value is -1.37. The number of alkyl halides is 2. The molecule has 0 saturated heterocycles. The summed E-state index contributed by atoms with van der Waals surface area (Å²) in [4.78, 5) is 0. The van der Waals surface area contributed by atoms with Gasteiger partial charge in [0.25, 0.3) is 0 Å². The van der Waals surface area contributed by atoms with Gasteiger partial charge in [0.1, 0.15) is 11.6 Å². The van der Waals surface area contributed by atoms with Crippen molar-refractivity contribution in [3.8, 4) is 11.1 Å². The summed E-state index contributed by atoms with van der Waals surface area (Å²) >= 11 is 2.84. The molecule has 0 radical (unpaired) electrons. The van der Waals surface area contributed by atoms with E-state index >= 15 is 0 Å². The fourth-order valence-electron chi connectivity index (χ4n) is 1.35. The van der Waals surface area contributed by atoms with Crippen molar-refractivity contribution in [2.75, 3.05) is 0 Å². The monoisotopic (exact) mass is 308 g/mol. The van der Waals surface area contributed by atoms with E-state index in [-0.39, 0.29) is 15.6 Å². The number of aromatic nitrogens is 2. The van der Waals surface area contributed by atoms with Gasteiger partial charge in [-0.2, -0.15) is 13.9 Å². The van der Waals surface area contributed by atoms with Crippen molar-refractivity contribution in [2.45, 2.75) is 6.55 Å². The molecule has 0 unspecified atom stereocenters. The molecular weight excluding hydrogens is 304 g/mol. The van der Waals surface area contributed by atoms with Crippen LogP contribution in [0.15, 0.2) is 29.0 Å². The molecule has 1 heterocycles. The van der Waals surface area contributed by atoms with Crippen LogP contribution in [0.25, 0.3) is 11.1 Å². The predicted molar refractivity (Wildman–Crippen MR) is 56.5 cm³/mol. The third-order valence-electron chi connectivity index (χ3n) is 2.11. The molecule has 90 valence electrons. The van der Waals surface area contributed by atoms with Crippen LogP contribution in [0, 0.1) is 11.6 Å². The molecule has 0 aliphatic rings. The van der Waals surface area contributed by atoms with Crippen LogP contribution < -0.4 is 0 Å². The fourth-order valence-corrected chi connectivity index (χ4v) is 1.78. The third-order valence-corrected chi connectivity index (χ3v) is 2.68. The molecule has 0 amide bonds. The quantitative estimate of drug-likeness (QED) is 0.606. The number of nitrogens with zero attached hydrogens (tertiary/aromatic N) is 2. The van der Waals surface area contributed by atoms with E-state index in [9.17, 15) is 17.6 Å². The van der Waals surface area contributed by atoms with Crippen molar-refractivity contribution in [1.29, 1.82) is 0 Å². The van der Waals surface area contributed by atoms with Gasteiger partial charge >= 0.3 is 6.55 Å². The molecule has 2 rings (SSSR count). The first-order chi connectivity index (χ1) is 7.99. The van der Waals surface area contributed by atoms with Crippen LogP contribution in [0.5, 0.6) is 0 Å². The summed E-state index contributed by atoms with van der Waals surface area (Å²) in [5, 5.41) is 3.35. The maximum Gasteiger partial charge on any atom is 0.333 e. The average molecular weight is 309 g/mol. The van der Waals surface area contributed by atoms with Crippen LogP contribution in [-0.2, 0) is 0 Å². The molecule has 0 fully saturated rings. The van der Waals surface area contributed by atoms with Crippen molar-refractivity contribution in [2.24, 2.45) is 0 Å². The Morgan fingerprint density at radius 2 is 1.94 bits per heavy atom. The Labute approximate surface area is 102 Å². The van der Waals surface area contributed by atoms with Gasteiger partial charge in [-0.05, 0) is 28.1 Å². The van der Waals surface area contributed by atoms with Crippen LogP contribution in [0.3, 0.4) is 0 Å². The van der Waals surface area contributed by atoms with E-state index in [1.165, 1.54) is 0 Å². The Kier molecular flexibility index (Phi) is 3.19. The number of benzene rings is 1. The van der Waals surface area contributed by atoms with Crippen molar-refractivity contribution in [3.63, 3.8) is 0 Å². The highest BCUT2D eigenvalue weighted by molar-refractivity contribution is 9.10. The van der Waals surface area contributed by atoms with Crippen LogP contribution in [0.1, 0.15) is 6.55 Å². The standard InChI is InChI=1S/C10H5BrF4N2/c11-8-2-6(12)1-7(9(8)13)5-3-16-17(4-5)10(14)15/h1-4,10H. The molecule has 2 nitrogen and oxygen atoms in total. The lowest BCUT2D eigenvalue weighted by Crippen LogP contribution is -1.96. The predicted octanol–water partition coefficient (Wildman–Crippen LogP) is 3.99. The normalized spacial score (nSPS) is 11.2. The summed E-state index contributed by atoms with van der Waals surface area (Å²) in [6, 6.07) is 1.88. The number of hydrogen-bond donors (Lipinski definition) is 0. The van der Waals surface area contributed by atoms with E-state index in [2.05, 4.69) is 21.0 Å². The lowest BCUT2D eigenvalue weighted by molar-refractivity contribution is 0.0566. The van der Waals surface area contributed by atoms with Gasteiger partial charge in [-0.15, -0.1) is 0 Å². The Morgan fingerprint density at radius 1 is 1.24 bits per heavy atom. The molecule has 0 spiro atoms. The highest BCUT2D eigenvalue weighted by Crippen LogP contribution is 2.29. The van der Waals surface area contributed by atoms with E-state index in [4.69, 9.17) is 0 Å². The Bertz CT molecular complexity index is 553. The van der Waals surface area contributed by atoms with Crippen LogP contribution in [-0.4, -0.2) is 9.78 Å². The number of hydrogen-bond acceptors (Lipinski definition) is 1. The number of rotatable bonds is 2. The maximum atomic E-state index is 13.6. The summed E-state index contributed by atoms with van der Waals surface area (Å²) in [5.74, 6) is -1.39. The van der Waals surface area contributed by atoms with Gasteiger partial charge in [0.05, 0.1) is 10.7 Å². The van der Waals surface area contributed by atoms with E-state index in [1.54, 1.807) is 0 Å². The van der Waals surface area contributed by atoms with Gasteiger partial charge in [-0.25, -0.2) is 13.5 Å². The molecular formula is C10H5BrF4N2. The summed E-state index contributed by atoms with van der Waals surface area (Å²) in [6.45, 7) is -2.82. The molecule has 0 aliphatic heterocycles. The van der Waals surface area contributed by atoms with Gasteiger partial charge in [0, 0.05) is 17.3 Å². The van der Waals surface area contributed by atoms with Gasteiger partial charge in [-0.3, -0.25) is 0 Å². The Balaban J connectivity index is 2.52. The van der Waals surface area contributed by atoms with Crippen molar-refractivity contribution in [1.82, 2.24) is 9.78 Å². The topological polar surface area (TPSA) is 17.8 Å².